The molecule has 0 spiro atoms. The van der Waals surface area contributed by atoms with Crippen molar-refractivity contribution >= 4 is 29.3 Å². The molecule has 6 heteroatoms. The first-order valence-corrected chi connectivity index (χ1v) is 8.73. The highest BCUT2D eigenvalue weighted by Gasteiger charge is 2.30. The highest BCUT2D eigenvalue weighted by molar-refractivity contribution is 7.98. The van der Waals surface area contributed by atoms with Gasteiger partial charge in [-0.3, -0.25) is 9.59 Å². The third-order valence-corrected chi connectivity index (χ3v) is 4.36. The molecule has 3 rings (SSSR count). The number of hydrogen-bond acceptors (Lipinski definition) is 5. The zero-order valence-electron chi connectivity index (χ0n) is 13.2. The Hall–Kier alpha value is -2.47. The standard InChI is InChI=1S/C18H17NO4S/c1-24-13-8-6-12(7-9-13)11-22-17(20)10-16-18(21)19-14-4-2-3-5-15(14)23-16/h2-9,16H,10-11H2,1H3,(H,19,21)/t16-/m0/s1. The molecule has 124 valence electrons. The monoisotopic (exact) mass is 343 g/mol. The molecule has 0 radical (unpaired) electrons. The molecular weight excluding hydrogens is 326 g/mol. The Morgan fingerprint density at radius 2 is 1.96 bits per heavy atom. The first kappa shape index (κ1) is 16.4. The molecule has 24 heavy (non-hydrogen) atoms. The molecular formula is C18H17NO4S. The quantitative estimate of drug-likeness (QED) is 0.667. The number of thioether (sulfide) groups is 1. The van der Waals surface area contributed by atoms with Gasteiger partial charge in [0.1, 0.15) is 12.4 Å². The normalized spacial score (nSPS) is 15.9. The van der Waals surface area contributed by atoms with E-state index in [2.05, 4.69) is 5.32 Å². The van der Waals surface area contributed by atoms with Crippen LogP contribution in [-0.2, 0) is 20.9 Å². The van der Waals surface area contributed by atoms with E-state index in [0.717, 1.165) is 10.5 Å². The number of fused-ring (bicyclic) bond motifs is 1. The van der Waals surface area contributed by atoms with Gasteiger partial charge in [0.2, 0.25) is 0 Å². The maximum absolute atomic E-state index is 12.0. The van der Waals surface area contributed by atoms with Crippen molar-refractivity contribution in [2.45, 2.75) is 24.0 Å². The van der Waals surface area contributed by atoms with E-state index in [1.54, 1.807) is 30.0 Å². The average Bonchev–Trinajstić information content (AvgIpc) is 2.61. The number of esters is 1. The second-order valence-electron chi connectivity index (χ2n) is 5.30. The predicted molar refractivity (Wildman–Crippen MR) is 92.1 cm³/mol. The first-order chi connectivity index (χ1) is 11.7. The van der Waals surface area contributed by atoms with Crippen molar-refractivity contribution in [3.05, 3.63) is 54.1 Å². The third-order valence-electron chi connectivity index (χ3n) is 3.62. The van der Waals surface area contributed by atoms with Crippen LogP contribution in [0.2, 0.25) is 0 Å². The maximum Gasteiger partial charge on any atom is 0.310 e. The molecule has 1 aliphatic rings. The van der Waals surface area contributed by atoms with Crippen molar-refractivity contribution < 1.29 is 19.1 Å². The summed E-state index contributed by atoms with van der Waals surface area (Å²) in [4.78, 5) is 25.1. The Morgan fingerprint density at radius 1 is 1.21 bits per heavy atom. The summed E-state index contributed by atoms with van der Waals surface area (Å²) in [5.41, 5.74) is 1.52. The number of nitrogens with one attached hydrogen (secondary N) is 1. The largest absolute Gasteiger partial charge is 0.478 e. The van der Waals surface area contributed by atoms with Crippen molar-refractivity contribution in [1.82, 2.24) is 0 Å². The minimum absolute atomic E-state index is 0.122. The summed E-state index contributed by atoms with van der Waals surface area (Å²) in [5.74, 6) is -0.249. The van der Waals surface area contributed by atoms with Crippen molar-refractivity contribution in [3.63, 3.8) is 0 Å². The lowest BCUT2D eigenvalue weighted by atomic mass is 10.1. The maximum atomic E-state index is 12.0. The van der Waals surface area contributed by atoms with E-state index in [4.69, 9.17) is 9.47 Å². The smallest absolute Gasteiger partial charge is 0.310 e. The lowest BCUT2D eigenvalue weighted by Crippen LogP contribution is -2.38. The van der Waals surface area contributed by atoms with Crippen LogP contribution in [0, 0.1) is 0 Å². The molecule has 1 atom stereocenters. The summed E-state index contributed by atoms with van der Waals surface area (Å²) in [7, 11) is 0. The van der Waals surface area contributed by atoms with Crippen LogP contribution in [-0.4, -0.2) is 24.2 Å². The fourth-order valence-corrected chi connectivity index (χ4v) is 2.73. The van der Waals surface area contributed by atoms with Gasteiger partial charge in [0, 0.05) is 4.90 Å². The van der Waals surface area contributed by atoms with E-state index >= 15 is 0 Å². The van der Waals surface area contributed by atoms with Crippen LogP contribution in [0.4, 0.5) is 5.69 Å². The van der Waals surface area contributed by atoms with Gasteiger partial charge in [-0.25, -0.2) is 0 Å². The Balaban J connectivity index is 1.54. The Labute approximate surface area is 144 Å². The van der Waals surface area contributed by atoms with E-state index in [-0.39, 0.29) is 18.9 Å². The third kappa shape index (κ3) is 3.89. The number of anilines is 1. The zero-order valence-corrected chi connectivity index (χ0v) is 14.0. The Kier molecular flexibility index (Phi) is 5.05. The molecule has 0 saturated carbocycles. The van der Waals surface area contributed by atoms with Gasteiger partial charge < -0.3 is 14.8 Å². The van der Waals surface area contributed by atoms with Crippen LogP contribution in [0.3, 0.4) is 0 Å². The summed E-state index contributed by atoms with van der Waals surface area (Å²) >= 11 is 1.65. The summed E-state index contributed by atoms with van der Waals surface area (Å²) in [6, 6.07) is 14.9. The predicted octanol–water partition coefficient (Wildman–Crippen LogP) is 3.24. The van der Waals surface area contributed by atoms with E-state index in [0.29, 0.717) is 11.4 Å². The van der Waals surface area contributed by atoms with Crippen LogP contribution < -0.4 is 10.1 Å². The van der Waals surface area contributed by atoms with E-state index in [9.17, 15) is 9.59 Å². The SMILES string of the molecule is CSc1ccc(COC(=O)C[C@@H]2Oc3ccccc3NC2=O)cc1. The van der Waals surface area contributed by atoms with Crippen LogP contribution >= 0.6 is 11.8 Å². The molecule has 0 aromatic heterocycles. The topological polar surface area (TPSA) is 64.6 Å². The van der Waals surface area contributed by atoms with Crippen molar-refractivity contribution in [2.75, 3.05) is 11.6 Å². The fraction of sp³-hybridized carbons (Fsp3) is 0.222. The first-order valence-electron chi connectivity index (χ1n) is 7.51. The van der Waals surface area contributed by atoms with Gasteiger partial charge in [0.25, 0.3) is 5.91 Å². The summed E-state index contributed by atoms with van der Waals surface area (Å²) in [5, 5.41) is 2.73. The molecule has 1 aliphatic heterocycles. The van der Waals surface area contributed by atoms with Crippen LogP contribution in [0.1, 0.15) is 12.0 Å². The lowest BCUT2D eigenvalue weighted by Gasteiger charge is -2.25. The molecule has 0 fully saturated rings. The van der Waals surface area contributed by atoms with Crippen molar-refractivity contribution in [3.8, 4) is 5.75 Å². The van der Waals surface area contributed by atoms with Crippen molar-refractivity contribution in [1.29, 1.82) is 0 Å². The number of hydrogen-bond donors (Lipinski definition) is 1. The van der Waals surface area contributed by atoms with Gasteiger partial charge in [0.15, 0.2) is 6.10 Å². The summed E-state index contributed by atoms with van der Waals surface area (Å²) < 4.78 is 10.8. The molecule has 2 aromatic carbocycles. The minimum Gasteiger partial charge on any atom is -0.478 e. The highest BCUT2D eigenvalue weighted by atomic mass is 32.2. The number of rotatable bonds is 5. The number of carbonyl (C=O) groups excluding carboxylic acids is 2. The molecule has 1 N–H and O–H groups in total. The second kappa shape index (κ2) is 7.40. The molecule has 0 unspecified atom stereocenters. The lowest BCUT2D eigenvalue weighted by molar-refractivity contribution is -0.149. The summed E-state index contributed by atoms with van der Waals surface area (Å²) in [6.45, 7) is 0.179. The minimum atomic E-state index is -0.869. The van der Waals surface area contributed by atoms with E-state index in [1.807, 2.05) is 36.6 Å². The average molecular weight is 343 g/mol. The van der Waals surface area contributed by atoms with Crippen LogP contribution in [0.15, 0.2) is 53.4 Å². The van der Waals surface area contributed by atoms with Gasteiger partial charge in [-0.2, -0.15) is 0 Å². The zero-order chi connectivity index (χ0) is 16.9. The number of carbonyl (C=O) groups is 2. The van der Waals surface area contributed by atoms with Crippen LogP contribution in [0.25, 0.3) is 0 Å². The fourth-order valence-electron chi connectivity index (χ4n) is 2.32. The number of ether oxygens (including phenoxy) is 2. The second-order valence-corrected chi connectivity index (χ2v) is 6.18. The molecule has 5 nitrogen and oxygen atoms in total. The molecule has 0 saturated heterocycles. The number of benzene rings is 2. The van der Waals surface area contributed by atoms with Gasteiger partial charge in [-0.05, 0) is 36.1 Å². The van der Waals surface area contributed by atoms with Gasteiger partial charge in [0.05, 0.1) is 12.1 Å². The highest BCUT2D eigenvalue weighted by Crippen LogP contribution is 2.29. The number of amides is 1. The molecule has 0 aliphatic carbocycles. The van der Waals surface area contributed by atoms with Gasteiger partial charge in [-0.15, -0.1) is 11.8 Å². The van der Waals surface area contributed by atoms with Gasteiger partial charge in [-0.1, -0.05) is 24.3 Å². The Bertz CT molecular complexity index is 745. The van der Waals surface area contributed by atoms with E-state index < -0.39 is 12.1 Å². The summed E-state index contributed by atoms with van der Waals surface area (Å²) in [6.07, 6.45) is 1.01. The van der Waals surface area contributed by atoms with Crippen molar-refractivity contribution in [2.24, 2.45) is 0 Å². The molecule has 1 amide bonds. The van der Waals surface area contributed by atoms with Crippen LogP contribution in [0.5, 0.6) is 5.75 Å². The molecule has 2 aromatic rings. The molecule has 1 heterocycles. The molecule has 0 bridgehead atoms. The van der Waals surface area contributed by atoms with Gasteiger partial charge >= 0.3 is 5.97 Å². The Morgan fingerprint density at radius 3 is 2.71 bits per heavy atom. The number of para-hydroxylation sites is 2. The van der Waals surface area contributed by atoms with E-state index in [1.165, 1.54) is 0 Å².